The van der Waals surface area contributed by atoms with Gasteiger partial charge in [0, 0.05) is 19.6 Å². The molecule has 0 aliphatic carbocycles. The number of nitrogens with one attached hydrogen (secondary N) is 1. The van der Waals surface area contributed by atoms with Crippen molar-refractivity contribution in [3.8, 4) is 11.5 Å². The normalized spacial score (nSPS) is 18.1. The van der Waals surface area contributed by atoms with E-state index in [4.69, 9.17) is 9.47 Å². The van der Waals surface area contributed by atoms with Gasteiger partial charge in [0.25, 0.3) is 0 Å². The Morgan fingerprint density at radius 2 is 2.18 bits per heavy atom. The van der Waals surface area contributed by atoms with Gasteiger partial charge in [0.1, 0.15) is 6.61 Å². The van der Waals surface area contributed by atoms with Crippen molar-refractivity contribution in [3.05, 3.63) is 42.7 Å². The van der Waals surface area contributed by atoms with E-state index in [2.05, 4.69) is 22.1 Å². The van der Waals surface area contributed by atoms with Crippen molar-refractivity contribution in [3.63, 3.8) is 0 Å². The van der Waals surface area contributed by atoms with Gasteiger partial charge in [-0.1, -0.05) is 30.0 Å². The van der Waals surface area contributed by atoms with E-state index in [1.807, 2.05) is 28.8 Å². The van der Waals surface area contributed by atoms with Crippen molar-refractivity contribution in [1.82, 2.24) is 25.0 Å². The van der Waals surface area contributed by atoms with Crippen molar-refractivity contribution in [2.24, 2.45) is 0 Å². The first kappa shape index (κ1) is 18.4. The van der Waals surface area contributed by atoms with Gasteiger partial charge in [-0.25, -0.2) is 4.79 Å². The van der Waals surface area contributed by atoms with Gasteiger partial charge in [0.05, 0.1) is 5.75 Å². The third kappa shape index (κ3) is 3.55. The second kappa shape index (κ2) is 7.93. The summed E-state index contributed by atoms with van der Waals surface area (Å²) in [4.78, 5) is 25.1. The van der Waals surface area contributed by atoms with Crippen LogP contribution in [-0.2, 0) is 11.3 Å². The highest BCUT2D eigenvalue weighted by Crippen LogP contribution is 2.36. The summed E-state index contributed by atoms with van der Waals surface area (Å²) in [6.45, 7) is 5.42. The Morgan fingerprint density at radius 1 is 1.36 bits per heavy atom. The maximum atomic E-state index is 12.3. The summed E-state index contributed by atoms with van der Waals surface area (Å²) in [7, 11) is 0. The Bertz CT molecular complexity index is 915. The number of amides is 3. The van der Waals surface area contributed by atoms with Crippen LogP contribution in [0.3, 0.4) is 0 Å². The van der Waals surface area contributed by atoms with Gasteiger partial charge in [-0.05, 0) is 12.1 Å². The molecule has 1 saturated heterocycles. The van der Waals surface area contributed by atoms with Gasteiger partial charge >= 0.3 is 6.03 Å². The van der Waals surface area contributed by atoms with Crippen LogP contribution >= 0.6 is 11.8 Å². The SMILES string of the molecule is C=CCn1c(SCC(=O)N2CCNC2=O)nnc1[C@@H]1COc2ccccc2O1. The lowest BCUT2D eigenvalue weighted by atomic mass is 10.2. The smallest absolute Gasteiger partial charge is 0.324 e. The third-order valence-electron chi connectivity index (χ3n) is 4.34. The molecule has 0 unspecified atom stereocenters. The van der Waals surface area contributed by atoms with E-state index in [-0.39, 0.29) is 17.7 Å². The van der Waals surface area contributed by atoms with E-state index >= 15 is 0 Å². The van der Waals surface area contributed by atoms with E-state index in [9.17, 15) is 9.59 Å². The molecule has 28 heavy (non-hydrogen) atoms. The highest BCUT2D eigenvalue weighted by atomic mass is 32.2. The molecule has 0 saturated carbocycles. The van der Waals surface area contributed by atoms with Gasteiger partial charge < -0.3 is 14.8 Å². The lowest BCUT2D eigenvalue weighted by molar-refractivity contribution is -0.124. The molecule has 2 aliphatic heterocycles. The second-order valence-electron chi connectivity index (χ2n) is 6.17. The zero-order valence-electron chi connectivity index (χ0n) is 15.0. The number of carbonyl (C=O) groups excluding carboxylic acids is 2. The molecule has 3 amide bonds. The fourth-order valence-electron chi connectivity index (χ4n) is 3.01. The average Bonchev–Trinajstić information content (AvgIpc) is 3.32. The molecular formula is C18H19N5O4S. The number of aromatic nitrogens is 3. The Hall–Kier alpha value is -3.01. The molecule has 10 heteroatoms. The van der Waals surface area contributed by atoms with Gasteiger partial charge in [-0.3, -0.25) is 14.3 Å². The predicted molar refractivity (Wildman–Crippen MR) is 101 cm³/mol. The molecule has 2 aliphatic rings. The van der Waals surface area contributed by atoms with Gasteiger partial charge in [0.15, 0.2) is 28.6 Å². The van der Waals surface area contributed by atoms with Crippen molar-refractivity contribution in [2.45, 2.75) is 17.8 Å². The van der Waals surface area contributed by atoms with Crippen LogP contribution in [-0.4, -0.2) is 57.1 Å². The third-order valence-corrected chi connectivity index (χ3v) is 5.29. The van der Waals surface area contributed by atoms with Gasteiger partial charge in [-0.15, -0.1) is 16.8 Å². The number of nitrogens with zero attached hydrogens (tertiary/aromatic N) is 4. The first-order valence-corrected chi connectivity index (χ1v) is 9.79. The molecule has 1 atom stereocenters. The molecule has 1 fully saturated rings. The zero-order chi connectivity index (χ0) is 19.5. The van der Waals surface area contributed by atoms with Crippen LogP contribution in [0.15, 0.2) is 42.1 Å². The standard InChI is InChI=1S/C18H19N5O4S/c1-2-8-23-16(14-10-26-12-5-3-4-6-13(12)27-14)20-21-18(23)28-11-15(24)22-9-7-19-17(22)25/h2-6,14H,1,7-11H2,(H,19,25)/t14-/m0/s1. The number of benzene rings is 1. The lowest BCUT2D eigenvalue weighted by Crippen LogP contribution is -2.35. The molecule has 1 aromatic heterocycles. The van der Waals surface area contributed by atoms with Crippen LogP contribution in [0.5, 0.6) is 11.5 Å². The predicted octanol–water partition coefficient (Wildman–Crippen LogP) is 1.62. The maximum absolute atomic E-state index is 12.3. The van der Waals surface area contributed by atoms with E-state index in [0.717, 1.165) is 0 Å². The van der Waals surface area contributed by atoms with Crippen molar-refractivity contribution < 1.29 is 19.1 Å². The Labute approximate surface area is 165 Å². The minimum absolute atomic E-state index is 0.0908. The number of para-hydroxylation sites is 2. The minimum atomic E-state index is -0.420. The van der Waals surface area contributed by atoms with E-state index < -0.39 is 6.10 Å². The molecule has 1 N–H and O–H groups in total. The summed E-state index contributed by atoms with van der Waals surface area (Å²) in [5, 5.41) is 11.6. The first-order chi connectivity index (χ1) is 13.7. The minimum Gasteiger partial charge on any atom is -0.485 e. The first-order valence-electron chi connectivity index (χ1n) is 8.81. The molecule has 1 aromatic carbocycles. The zero-order valence-corrected chi connectivity index (χ0v) is 15.9. The van der Waals surface area contributed by atoms with Gasteiger partial charge in [0.2, 0.25) is 5.91 Å². The monoisotopic (exact) mass is 401 g/mol. The Balaban J connectivity index is 1.49. The summed E-state index contributed by atoms with van der Waals surface area (Å²) in [5.74, 6) is 1.77. The topological polar surface area (TPSA) is 98.6 Å². The van der Waals surface area contributed by atoms with Gasteiger partial charge in [-0.2, -0.15) is 0 Å². The number of carbonyl (C=O) groups is 2. The van der Waals surface area contributed by atoms with Crippen LogP contribution in [0.4, 0.5) is 4.79 Å². The molecule has 4 rings (SSSR count). The molecule has 0 radical (unpaired) electrons. The number of rotatable bonds is 6. The fourth-order valence-corrected chi connectivity index (χ4v) is 3.84. The molecule has 3 heterocycles. The number of hydrogen-bond acceptors (Lipinski definition) is 7. The summed E-state index contributed by atoms with van der Waals surface area (Å²) in [6.07, 6.45) is 1.31. The van der Waals surface area contributed by atoms with E-state index in [1.165, 1.54) is 16.7 Å². The van der Waals surface area contributed by atoms with E-state index in [1.54, 1.807) is 6.08 Å². The average molecular weight is 401 g/mol. The fraction of sp³-hybridized carbons (Fsp3) is 0.333. The number of fused-ring (bicyclic) bond motifs is 1. The summed E-state index contributed by atoms with van der Waals surface area (Å²) < 4.78 is 13.6. The second-order valence-corrected chi connectivity index (χ2v) is 7.11. The quantitative estimate of drug-likeness (QED) is 0.580. The van der Waals surface area contributed by atoms with Crippen LogP contribution in [0.1, 0.15) is 11.9 Å². The molecule has 2 aromatic rings. The summed E-state index contributed by atoms with van der Waals surface area (Å²) in [6, 6.07) is 7.09. The Morgan fingerprint density at radius 3 is 2.93 bits per heavy atom. The van der Waals surface area contributed by atoms with Crippen LogP contribution in [0.2, 0.25) is 0 Å². The van der Waals surface area contributed by atoms with Crippen LogP contribution in [0, 0.1) is 0 Å². The number of allylic oxidation sites excluding steroid dienone is 1. The van der Waals surface area contributed by atoms with E-state index in [0.29, 0.717) is 48.7 Å². The largest absolute Gasteiger partial charge is 0.485 e. The number of thioether (sulfide) groups is 1. The molecular weight excluding hydrogens is 382 g/mol. The summed E-state index contributed by atoms with van der Waals surface area (Å²) in [5.41, 5.74) is 0. The number of urea groups is 1. The van der Waals surface area contributed by atoms with Crippen molar-refractivity contribution in [1.29, 1.82) is 0 Å². The van der Waals surface area contributed by atoms with Crippen molar-refractivity contribution in [2.75, 3.05) is 25.4 Å². The molecule has 0 spiro atoms. The molecule has 146 valence electrons. The highest BCUT2D eigenvalue weighted by Gasteiger charge is 2.30. The number of hydrogen-bond donors (Lipinski definition) is 1. The number of imide groups is 1. The molecule has 9 nitrogen and oxygen atoms in total. The molecule has 0 bridgehead atoms. The summed E-state index contributed by atoms with van der Waals surface area (Å²) >= 11 is 1.23. The van der Waals surface area contributed by atoms with Crippen LogP contribution in [0.25, 0.3) is 0 Å². The van der Waals surface area contributed by atoms with Crippen molar-refractivity contribution >= 4 is 23.7 Å². The maximum Gasteiger partial charge on any atom is 0.324 e. The lowest BCUT2D eigenvalue weighted by Gasteiger charge is -2.26. The Kier molecular flexibility index (Phi) is 5.20. The number of ether oxygens (including phenoxy) is 2. The van der Waals surface area contributed by atoms with Crippen LogP contribution < -0.4 is 14.8 Å². The highest BCUT2D eigenvalue weighted by molar-refractivity contribution is 7.99.